The maximum Gasteiger partial charge on any atom is 0.243 e. The second-order valence-electron chi connectivity index (χ2n) is 5.41. The number of aldehydes is 1. The van der Waals surface area contributed by atoms with Crippen molar-refractivity contribution in [2.75, 3.05) is 19.6 Å². The Labute approximate surface area is 129 Å². The summed E-state index contributed by atoms with van der Waals surface area (Å²) in [6.07, 6.45) is 0.994. The standard InChI is InChI=1S/C14H23N3O5/c1-9(10(2)19)14(22)17-6-3-4-11(17)13(21)16-8-12(20)15-5-7-18/h7,9-11,19H,3-6,8H2,1-2H3,(H,15,20)(H,16,21). The highest BCUT2D eigenvalue weighted by Gasteiger charge is 2.36. The van der Waals surface area contributed by atoms with Gasteiger partial charge in [0.2, 0.25) is 17.7 Å². The van der Waals surface area contributed by atoms with Crippen LogP contribution in [-0.2, 0) is 19.2 Å². The van der Waals surface area contributed by atoms with Crippen molar-refractivity contribution in [2.45, 2.75) is 38.8 Å². The second kappa shape index (κ2) is 8.47. The van der Waals surface area contributed by atoms with Gasteiger partial charge in [0.05, 0.1) is 25.1 Å². The number of carbonyl (C=O) groups excluding carboxylic acids is 4. The molecule has 3 atom stereocenters. The molecule has 1 rings (SSSR count). The number of amides is 3. The van der Waals surface area contributed by atoms with E-state index in [9.17, 15) is 24.3 Å². The SMILES string of the molecule is CC(O)C(C)C(=O)N1CCCC1C(=O)NCC(=O)NCC=O. The molecule has 0 saturated carbocycles. The van der Waals surface area contributed by atoms with Gasteiger partial charge in [0.25, 0.3) is 0 Å². The number of aliphatic hydroxyl groups is 1. The maximum atomic E-state index is 12.2. The summed E-state index contributed by atoms with van der Waals surface area (Å²) in [7, 11) is 0. The quantitative estimate of drug-likeness (QED) is 0.491. The van der Waals surface area contributed by atoms with Crippen LogP contribution in [0.2, 0.25) is 0 Å². The highest BCUT2D eigenvalue weighted by atomic mass is 16.3. The average molecular weight is 313 g/mol. The summed E-state index contributed by atoms with van der Waals surface area (Å²) < 4.78 is 0. The summed E-state index contributed by atoms with van der Waals surface area (Å²) in [5, 5.41) is 14.3. The molecule has 0 aromatic rings. The fourth-order valence-electron chi connectivity index (χ4n) is 2.27. The van der Waals surface area contributed by atoms with Crippen LogP contribution in [-0.4, -0.2) is 65.8 Å². The van der Waals surface area contributed by atoms with Gasteiger partial charge >= 0.3 is 0 Å². The third-order valence-electron chi connectivity index (χ3n) is 3.76. The van der Waals surface area contributed by atoms with Crippen LogP contribution in [0.5, 0.6) is 0 Å². The van der Waals surface area contributed by atoms with Crippen molar-refractivity contribution >= 4 is 24.0 Å². The molecule has 22 heavy (non-hydrogen) atoms. The van der Waals surface area contributed by atoms with Gasteiger partial charge in [0, 0.05) is 6.54 Å². The Morgan fingerprint density at radius 1 is 1.32 bits per heavy atom. The number of likely N-dealkylation sites (tertiary alicyclic amines) is 1. The van der Waals surface area contributed by atoms with Crippen LogP contribution in [0.4, 0.5) is 0 Å². The van der Waals surface area contributed by atoms with Crippen molar-refractivity contribution in [1.29, 1.82) is 0 Å². The van der Waals surface area contributed by atoms with Crippen molar-refractivity contribution in [3.8, 4) is 0 Å². The van der Waals surface area contributed by atoms with Gasteiger partial charge in [-0.1, -0.05) is 6.92 Å². The van der Waals surface area contributed by atoms with E-state index in [4.69, 9.17) is 0 Å². The highest BCUT2D eigenvalue weighted by Crippen LogP contribution is 2.21. The Morgan fingerprint density at radius 3 is 2.59 bits per heavy atom. The van der Waals surface area contributed by atoms with Crippen LogP contribution in [0.25, 0.3) is 0 Å². The van der Waals surface area contributed by atoms with Crippen molar-refractivity contribution in [3.63, 3.8) is 0 Å². The van der Waals surface area contributed by atoms with Crippen LogP contribution < -0.4 is 10.6 Å². The maximum absolute atomic E-state index is 12.2. The highest BCUT2D eigenvalue weighted by molar-refractivity contribution is 5.91. The molecular weight excluding hydrogens is 290 g/mol. The molecule has 3 N–H and O–H groups in total. The van der Waals surface area contributed by atoms with Crippen molar-refractivity contribution in [1.82, 2.24) is 15.5 Å². The largest absolute Gasteiger partial charge is 0.393 e. The lowest BCUT2D eigenvalue weighted by Gasteiger charge is -2.27. The molecule has 0 radical (unpaired) electrons. The number of nitrogens with one attached hydrogen (secondary N) is 2. The lowest BCUT2D eigenvalue weighted by atomic mass is 10.0. The fraction of sp³-hybridized carbons (Fsp3) is 0.714. The van der Waals surface area contributed by atoms with Crippen molar-refractivity contribution in [3.05, 3.63) is 0 Å². The van der Waals surface area contributed by atoms with Gasteiger partial charge in [-0.3, -0.25) is 14.4 Å². The summed E-state index contributed by atoms with van der Waals surface area (Å²) in [5.74, 6) is -1.71. The van der Waals surface area contributed by atoms with E-state index in [0.717, 1.165) is 0 Å². The average Bonchev–Trinajstić information content (AvgIpc) is 2.98. The Balaban J connectivity index is 2.55. The van der Waals surface area contributed by atoms with E-state index in [0.29, 0.717) is 25.7 Å². The first-order valence-electron chi connectivity index (χ1n) is 7.35. The Hall–Kier alpha value is -1.96. The number of carbonyl (C=O) groups is 4. The summed E-state index contributed by atoms with van der Waals surface area (Å²) in [4.78, 5) is 47.3. The minimum absolute atomic E-state index is 0.103. The van der Waals surface area contributed by atoms with Gasteiger partial charge in [-0.15, -0.1) is 0 Å². The van der Waals surface area contributed by atoms with E-state index < -0.39 is 29.9 Å². The molecule has 0 aromatic heterocycles. The number of hydrogen-bond donors (Lipinski definition) is 3. The number of rotatable bonds is 7. The molecule has 0 aliphatic carbocycles. The zero-order valence-corrected chi connectivity index (χ0v) is 12.9. The number of hydrogen-bond acceptors (Lipinski definition) is 5. The molecule has 0 aromatic carbocycles. The Bertz CT molecular complexity index is 438. The topological polar surface area (TPSA) is 116 Å². The third kappa shape index (κ3) is 4.80. The van der Waals surface area contributed by atoms with E-state index in [1.807, 2.05) is 0 Å². The smallest absolute Gasteiger partial charge is 0.243 e. The van der Waals surface area contributed by atoms with Crippen LogP contribution in [0.3, 0.4) is 0 Å². The van der Waals surface area contributed by atoms with Crippen LogP contribution in [0.1, 0.15) is 26.7 Å². The van der Waals surface area contributed by atoms with Gasteiger partial charge in [0.15, 0.2) is 0 Å². The van der Waals surface area contributed by atoms with Crippen LogP contribution in [0.15, 0.2) is 0 Å². The zero-order chi connectivity index (χ0) is 16.7. The van der Waals surface area contributed by atoms with E-state index in [1.165, 1.54) is 11.8 Å². The Morgan fingerprint density at radius 2 is 2.00 bits per heavy atom. The minimum atomic E-state index is -0.786. The normalized spacial score (nSPS) is 20.1. The predicted molar refractivity (Wildman–Crippen MR) is 77.7 cm³/mol. The molecule has 3 unspecified atom stereocenters. The summed E-state index contributed by atoms with van der Waals surface area (Å²) in [6.45, 7) is 3.27. The molecule has 1 saturated heterocycles. The lowest BCUT2D eigenvalue weighted by molar-refractivity contribution is -0.143. The van der Waals surface area contributed by atoms with Crippen molar-refractivity contribution < 1.29 is 24.3 Å². The zero-order valence-electron chi connectivity index (χ0n) is 12.9. The molecule has 8 nitrogen and oxygen atoms in total. The van der Waals surface area contributed by atoms with Gasteiger partial charge in [-0.2, -0.15) is 0 Å². The number of nitrogens with zero attached hydrogens (tertiary/aromatic N) is 1. The molecule has 1 aliphatic rings. The first kappa shape index (κ1) is 18.1. The molecule has 8 heteroatoms. The van der Waals surface area contributed by atoms with E-state index in [1.54, 1.807) is 6.92 Å². The van der Waals surface area contributed by atoms with E-state index >= 15 is 0 Å². The predicted octanol–water partition coefficient (Wildman–Crippen LogP) is -1.57. The number of aliphatic hydroxyl groups excluding tert-OH is 1. The van der Waals surface area contributed by atoms with Gasteiger partial charge in [0.1, 0.15) is 12.3 Å². The second-order valence-corrected chi connectivity index (χ2v) is 5.41. The molecule has 1 fully saturated rings. The van der Waals surface area contributed by atoms with Gasteiger partial charge in [-0.05, 0) is 19.8 Å². The molecular formula is C14H23N3O5. The fourth-order valence-corrected chi connectivity index (χ4v) is 2.27. The van der Waals surface area contributed by atoms with Gasteiger partial charge < -0.3 is 25.4 Å². The molecule has 1 aliphatic heterocycles. The van der Waals surface area contributed by atoms with Gasteiger partial charge in [-0.25, -0.2) is 0 Å². The molecule has 3 amide bonds. The first-order valence-corrected chi connectivity index (χ1v) is 7.35. The molecule has 124 valence electrons. The molecule has 1 heterocycles. The summed E-state index contributed by atoms with van der Waals surface area (Å²) in [6, 6.07) is -0.618. The first-order chi connectivity index (χ1) is 10.4. The molecule has 0 bridgehead atoms. The monoisotopic (exact) mass is 313 g/mol. The minimum Gasteiger partial charge on any atom is -0.393 e. The van der Waals surface area contributed by atoms with Crippen molar-refractivity contribution in [2.24, 2.45) is 5.92 Å². The van der Waals surface area contributed by atoms with Crippen LogP contribution >= 0.6 is 0 Å². The summed E-state index contributed by atoms with van der Waals surface area (Å²) >= 11 is 0. The third-order valence-corrected chi connectivity index (χ3v) is 3.76. The van der Waals surface area contributed by atoms with E-state index in [2.05, 4.69) is 10.6 Å². The van der Waals surface area contributed by atoms with E-state index in [-0.39, 0.29) is 19.0 Å². The Kier molecular flexibility index (Phi) is 6.97. The molecule has 0 spiro atoms. The van der Waals surface area contributed by atoms with Crippen LogP contribution in [0, 0.1) is 5.92 Å². The lowest BCUT2D eigenvalue weighted by Crippen LogP contribution is -2.50. The summed E-state index contributed by atoms with van der Waals surface area (Å²) in [5.41, 5.74) is 0.